The number of hydrogen-bond acceptors (Lipinski definition) is 2. The number of rotatable bonds is 2. The van der Waals surface area contributed by atoms with Crippen LogP contribution < -0.4 is 0 Å². The minimum Gasteiger partial charge on any atom is -0.384 e. The van der Waals surface area contributed by atoms with Crippen LogP contribution in [0.1, 0.15) is 22.8 Å². The Balaban J connectivity index is 2.17. The molecule has 0 aliphatic carbocycles. The van der Waals surface area contributed by atoms with Gasteiger partial charge in [-0.25, -0.2) is 8.78 Å². The van der Waals surface area contributed by atoms with Gasteiger partial charge < -0.3 is 5.11 Å². The summed E-state index contributed by atoms with van der Waals surface area (Å²) in [6.45, 7) is 1.54. The first-order valence-electron chi connectivity index (χ1n) is 6.54. The van der Waals surface area contributed by atoms with Crippen molar-refractivity contribution in [1.82, 2.24) is 4.98 Å². The zero-order chi connectivity index (χ0) is 15.0. The molecule has 1 heterocycles. The predicted octanol–water partition coefficient (Wildman–Crippen LogP) is 3.90. The second-order valence-corrected chi connectivity index (χ2v) is 4.97. The van der Waals surface area contributed by atoms with E-state index in [1.54, 1.807) is 30.6 Å². The molecular formula is C17H13F2NO. The highest BCUT2D eigenvalue weighted by atomic mass is 19.1. The van der Waals surface area contributed by atoms with Gasteiger partial charge in [0.15, 0.2) is 0 Å². The van der Waals surface area contributed by atoms with Gasteiger partial charge in [-0.05, 0) is 35.6 Å². The second kappa shape index (κ2) is 5.22. The van der Waals surface area contributed by atoms with E-state index in [-0.39, 0.29) is 5.56 Å². The van der Waals surface area contributed by atoms with Gasteiger partial charge in [0.05, 0.1) is 0 Å². The predicted molar refractivity (Wildman–Crippen MR) is 76.9 cm³/mol. The van der Waals surface area contributed by atoms with Crippen molar-refractivity contribution in [3.63, 3.8) is 0 Å². The van der Waals surface area contributed by atoms with Gasteiger partial charge in [0.25, 0.3) is 0 Å². The van der Waals surface area contributed by atoms with E-state index in [1.165, 1.54) is 13.0 Å². The molecule has 1 aromatic heterocycles. The van der Waals surface area contributed by atoms with Gasteiger partial charge in [-0.1, -0.05) is 18.2 Å². The fraction of sp³-hybridized carbons (Fsp3) is 0.118. The van der Waals surface area contributed by atoms with E-state index in [0.717, 1.165) is 16.8 Å². The quantitative estimate of drug-likeness (QED) is 0.774. The minimum atomic E-state index is -1.16. The number of halogens is 2. The molecule has 2 aromatic carbocycles. The van der Waals surface area contributed by atoms with Crippen LogP contribution in [-0.4, -0.2) is 10.1 Å². The number of nitrogens with zero attached hydrogens (tertiary/aromatic N) is 1. The Morgan fingerprint density at radius 1 is 1.05 bits per heavy atom. The third kappa shape index (κ3) is 2.38. The highest BCUT2D eigenvalue weighted by molar-refractivity contribution is 5.85. The molecule has 1 N–H and O–H groups in total. The van der Waals surface area contributed by atoms with E-state index >= 15 is 0 Å². The van der Waals surface area contributed by atoms with E-state index in [1.807, 2.05) is 6.07 Å². The van der Waals surface area contributed by atoms with Gasteiger partial charge in [-0.3, -0.25) is 4.98 Å². The minimum absolute atomic E-state index is 0.0678. The third-order valence-corrected chi connectivity index (χ3v) is 3.58. The van der Waals surface area contributed by atoms with Crippen molar-refractivity contribution in [2.75, 3.05) is 0 Å². The van der Waals surface area contributed by atoms with Crippen molar-refractivity contribution in [3.8, 4) is 0 Å². The molecule has 1 unspecified atom stereocenters. The zero-order valence-corrected chi connectivity index (χ0v) is 11.3. The summed E-state index contributed by atoms with van der Waals surface area (Å²) in [6, 6.07) is 9.28. The lowest BCUT2D eigenvalue weighted by Gasteiger charge is -2.15. The molecule has 2 nitrogen and oxygen atoms in total. The first-order valence-corrected chi connectivity index (χ1v) is 6.54. The van der Waals surface area contributed by atoms with E-state index in [2.05, 4.69) is 4.98 Å². The van der Waals surface area contributed by atoms with Gasteiger partial charge in [0.1, 0.15) is 17.7 Å². The van der Waals surface area contributed by atoms with Crippen LogP contribution in [0.3, 0.4) is 0 Å². The second-order valence-electron chi connectivity index (χ2n) is 4.97. The van der Waals surface area contributed by atoms with Crippen molar-refractivity contribution in [2.24, 2.45) is 0 Å². The van der Waals surface area contributed by atoms with Crippen LogP contribution in [0.15, 0.2) is 48.8 Å². The van der Waals surface area contributed by atoms with Gasteiger partial charge in [-0.2, -0.15) is 0 Å². The molecule has 106 valence electrons. The van der Waals surface area contributed by atoms with E-state index in [9.17, 15) is 13.9 Å². The average Bonchev–Trinajstić information content (AvgIpc) is 2.49. The lowest BCUT2D eigenvalue weighted by molar-refractivity contribution is 0.216. The number of aryl methyl sites for hydroxylation is 1. The van der Waals surface area contributed by atoms with Gasteiger partial charge in [-0.15, -0.1) is 0 Å². The summed E-state index contributed by atoms with van der Waals surface area (Å²) < 4.78 is 27.3. The van der Waals surface area contributed by atoms with Crippen molar-refractivity contribution in [2.45, 2.75) is 13.0 Å². The lowest BCUT2D eigenvalue weighted by atomic mass is 9.95. The number of aliphatic hydroxyl groups excluding tert-OH is 1. The molecule has 21 heavy (non-hydrogen) atoms. The molecule has 0 saturated heterocycles. The number of fused-ring (bicyclic) bond motifs is 1. The molecule has 0 radical (unpaired) electrons. The largest absolute Gasteiger partial charge is 0.384 e. The van der Waals surface area contributed by atoms with E-state index < -0.39 is 17.7 Å². The summed E-state index contributed by atoms with van der Waals surface area (Å²) in [6.07, 6.45) is 2.14. The molecule has 3 aromatic rings. The van der Waals surface area contributed by atoms with Gasteiger partial charge >= 0.3 is 0 Å². The van der Waals surface area contributed by atoms with Crippen LogP contribution in [0, 0.1) is 18.6 Å². The standard InChI is InChI=1S/C17H13F2NO/c1-10-7-14(16(19)8-15(10)18)17(21)13-4-2-3-11-9-20-6-5-12(11)13/h2-9,17,21H,1H3. The van der Waals surface area contributed by atoms with Crippen molar-refractivity contribution in [1.29, 1.82) is 0 Å². The molecule has 4 heteroatoms. The van der Waals surface area contributed by atoms with Crippen LogP contribution in [0.25, 0.3) is 10.8 Å². The topological polar surface area (TPSA) is 33.1 Å². The highest BCUT2D eigenvalue weighted by Crippen LogP contribution is 2.30. The lowest BCUT2D eigenvalue weighted by Crippen LogP contribution is -2.05. The van der Waals surface area contributed by atoms with Crippen LogP contribution in [-0.2, 0) is 0 Å². The Kier molecular flexibility index (Phi) is 3.39. The Bertz CT molecular complexity index is 812. The third-order valence-electron chi connectivity index (χ3n) is 3.58. The first kappa shape index (κ1) is 13.6. The highest BCUT2D eigenvalue weighted by Gasteiger charge is 2.19. The summed E-state index contributed by atoms with van der Waals surface area (Å²) in [7, 11) is 0. The summed E-state index contributed by atoms with van der Waals surface area (Å²) in [4.78, 5) is 4.02. The molecule has 0 amide bonds. The Labute approximate surface area is 120 Å². The molecule has 0 spiro atoms. The number of pyridine rings is 1. The molecule has 0 fully saturated rings. The maximum Gasteiger partial charge on any atom is 0.132 e. The van der Waals surface area contributed by atoms with Crippen LogP contribution >= 0.6 is 0 Å². The monoisotopic (exact) mass is 285 g/mol. The number of aromatic nitrogens is 1. The summed E-state index contributed by atoms with van der Waals surface area (Å²) >= 11 is 0. The summed E-state index contributed by atoms with van der Waals surface area (Å²) in [5, 5.41) is 12.2. The molecule has 0 aliphatic rings. The van der Waals surface area contributed by atoms with E-state index in [0.29, 0.717) is 11.1 Å². The Morgan fingerprint density at radius 2 is 1.86 bits per heavy atom. The van der Waals surface area contributed by atoms with Gasteiger partial charge in [0, 0.05) is 29.4 Å². The number of hydrogen-bond donors (Lipinski definition) is 1. The maximum atomic E-state index is 14.0. The van der Waals surface area contributed by atoms with Crippen LogP contribution in [0.4, 0.5) is 8.78 Å². The smallest absolute Gasteiger partial charge is 0.132 e. The van der Waals surface area contributed by atoms with Crippen LogP contribution in [0.5, 0.6) is 0 Å². The fourth-order valence-electron chi connectivity index (χ4n) is 2.44. The Morgan fingerprint density at radius 3 is 2.67 bits per heavy atom. The molecule has 0 saturated carbocycles. The summed E-state index contributed by atoms with van der Waals surface area (Å²) in [5.41, 5.74) is 0.936. The van der Waals surface area contributed by atoms with Crippen molar-refractivity contribution in [3.05, 3.63) is 77.1 Å². The molecule has 1 atom stereocenters. The molecule has 0 aliphatic heterocycles. The maximum absolute atomic E-state index is 14.0. The average molecular weight is 285 g/mol. The van der Waals surface area contributed by atoms with Gasteiger partial charge in [0.2, 0.25) is 0 Å². The van der Waals surface area contributed by atoms with E-state index in [4.69, 9.17) is 0 Å². The van der Waals surface area contributed by atoms with Crippen molar-refractivity contribution < 1.29 is 13.9 Å². The molecular weight excluding hydrogens is 272 g/mol. The molecule has 3 rings (SSSR count). The molecule has 0 bridgehead atoms. The van der Waals surface area contributed by atoms with Crippen LogP contribution in [0.2, 0.25) is 0 Å². The summed E-state index contributed by atoms with van der Waals surface area (Å²) in [5.74, 6) is -1.37. The Hall–Kier alpha value is -2.33. The number of aliphatic hydroxyl groups is 1. The van der Waals surface area contributed by atoms with Crippen molar-refractivity contribution >= 4 is 10.8 Å². The SMILES string of the molecule is Cc1cc(C(O)c2cccc3cnccc23)c(F)cc1F. The normalized spacial score (nSPS) is 12.6. The fourth-order valence-corrected chi connectivity index (χ4v) is 2.44. The first-order chi connectivity index (χ1) is 10.1. The number of benzene rings is 2. The zero-order valence-electron chi connectivity index (χ0n) is 11.3.